The van der Waals surface area contributed by atoms with E-state index in [0.717, 1.165) is 0 Å². The van der Waals surface area contributed by atoms with Crippen molar-refractivity contribution in [3.63, 3.8) is 0 Å². The second-order valence-electron chi connectivity index (χ2n) is 5.43. The minimum atomic E-state index is -0.912. The van der Waals surface area contributed by atoms with Crippen molar-refractivity contribution < 1.29 is 23.9 Å². The van der Waals surface area contributed by atoms with E-state index in [-0.39, 0.29) is 31.0 Å². The van der Waals surface area contributed by atoms with Crippen molar-refractivity contribution in [2.24, 2.45) is 5.92 Å². The van der Waals surface area contributed by atoms with Gasteiger partial charge in [-0.15, -0.1) is 0 Å². The van der Waals surface area contributed by atoms with Crippen molar-refractivity contribution >= 4 is 23.9 Å². The number of nitrogens with one attached hydrogen (secondary N) is 2. The van der Waals surface area contributed by atoms with Gasteiger partial charge in [0.15, 0.2) is 5.78 Å². The van der Waals surface area contributed by atoms with Crippen LogP contribution in [0, 0.1) is 11.3 Å². The molecule has 0 saturated carbocycles. The number of ether oxygens (including phenoxy) is 2. The molecule has 126 valence electrons. The number of amides is 1. The first kappa shape index (κ1) is 20.2. The molecule has 1 amide bonds. The van der Waals surface area contributed by atoms with Crippen LogP contribution in [0.1, 0.15) is 40.5 Å². The summed E-state index contributed by atoms with van der Waals surface area (Å²) < 4.78 is 10.2. The first-order valence-electron chi connectivity index (χ1n) is 7.29. The fraction of sp³-hybridized carbons (Fsp3) is 0.733. The summed E-state index contributed by atoms with van der Waals surface area (Å²) >= 11 is 0. The summed E-state index contributed by atoms with van der Waals surface area (Å²) in [5.41, 5.74) is 0. The van der Waals surface area contributed by atoms with Gasteiger partial charge in [-0.25, -0.2) is 4.79 Å². The number of rotatable bonds is 10. The molecule has 0 heterocycles. The van der Waals surface area contributed by atoms with Crippen LogP contribution in [-0.2, 0) is 23.9 Å². The normalized spacial score (nSPS) is 14.8. The van der Waals surface area contributed by atoms with E-state index in [1.165, 1.54) is 7.11 Å². The van der Waals surface area contributed by atoms with Gasteiger partial charge in [-0.1, -0.05) is 6.92 Å². The number of esters is 1. The Hall–Kier alpha value is -1.76. The van der Waals surface area contributed by atoms with Crippen LogP contribution < -0.4 is 5.32 Å². The van der Waals surface area contributed by atoms with E-state index in [0.29, 0.717) is 6.21 Å². The molecule has 0 aliphatic carbocycles. The number of Topliss-reactive ketones (excluding diaryl/α,β-unsaturated/α-hetero) is 1. The zero-order valence-electron chi connectivity index (χ0n) is 13.8. The lowest BCUT2D eigenvalue weighted by Crippen LogP contribution is -2.46. The van der Waals surface area contributed by atoms with Crippen molar-refractivity contribution in [2.45, 2.75) is 58.8 Å². The monoisotopic (exact) mass is 314 g/mol. The fourth-order valence-corrected chi connectivity index (χ4v) is 1.64. The molecule has 0 unspecified atom stereocenters. The van der Waals surface area contributed by atoms with Gasteiger partial charge in [0.2, 0.25) is 5.91 Å². The fourth-order valence-electron chi connectivity index (χ4n) is 1.64. The Balaban J connectivity index is 4.83. The predicted octanol–water partition coefficient (Wildman–Crippen LogP) is 1.09. The molecular formula is C15H26N2O5. The number of ketones is 1. The molecule has 0 fully saturated rings. The third kappa shape index (κ3) is 7.31. The van der Waals surface area contributed by atoms with Crippen LogP contribution in [-0.4, -0.2) is 49.2 Å². The van der Waals surface area contributed by atoms with E-state index in [4.69, 9.17) is 14.9 Å². The number of methoxy groups -OCH3 is 1. The van der Waals surface area contributed by atoms with Gasteiger partial charge < -0.3 is 20.2 Å². The van der Waals surface area contributed by atoms with Gasteiger partial charge >= 0.3 is 5.97 Å². The summed E-state index contributed by atoms with van der Waals surface area (Å²) in [6.07, 6.45) is 0.170. The van der Waals surface area contributed by atoms with Gasteiger partial charge in [-0.3, -0.25) is 9.59 Å². The maximum atomic E-state index is 12.1. The Morgan fingerprint density at radius 3 is 2.23 bits per heavy atom. The third-order valence-corrected chi connectivity index (χ3v) is 3.28. The van der Waals surface area contributed by atoms with Crippen LogP contribution in [0.3, 0.4) is 0 Å². The van der Waals surface area contributed by atoms with Crippen LogP contribution in [0.25, 0.3) is 0 Å². The molecule has 0 aliphatic rings. The molecule has 0 aromatic carbocycles. The smallest absolute Gasteiger partial charge is 0.328 e. The van der Waals surface area contributed by atoms with Gasteiger partial charge in [0.1, 0.15) is 6.04 Å². The van der Waals surface area contributed by atoms with E-state index in [1.807, 2.05) is 0 Å². The minimum Gasteiger partial charge on any atom is -0.461 e. The lowest BCUT2D eigenvalue weighted by molar-refractivity contribution is -0.152. The average Bonchev–Trinajstić information content (AvgIpc) is 2.48. The Labute approximate surface area is 131 Å². The van der Waals surface area contributed by atoms with E-state index in [2.05, 4.69) is 5.32 Å². The number of carbonyl (C=O) groups excluding carboxylic acids is 3. The Morgan fingerprint density at radius 2 is 1.77 bits per heavy atom. The van der Waals surface area contributed by atoms with Gasteiger partial charge in [0.05, 0.1) is 24.3 Å². The largest absolute Gasteiger partial charge is 0.461 e. The molecule has 22 heavy (non-hydrogen) atoms. The lowest BCUT2D eigenvalue weighted by atomic mass is 10.0. The summed E-state index contributed by atoms with van der Waals surface area (Å²) in [5, 5.41) is 9.47. The summed E-state index contributed by atoms with van der Waals surface area (Å²) in [6, 6.07) is -0.912. The highest BCUT2D eigenvalue weighted by Gasteiger charge is 2.27. The van der Waals surface area contributed by atoms with E-state index in [9.17, 15) is 14.4 Å². The molecule has 0 rings (SSSR count). The molecule has 0 bridgehead atoms. The SMILES string of the molecule is CO[C@H](C)[C@H](C)C(=O)N[C@@H](CCC(=O)C=N)C(=O)OC(C)C. The predicted molar refractivity (Wildman–Crippen MR) is 81.8 cm³/mol. The van der Waals surface area contributed by atoms with E-state index in [1.54, 1.807) is 27.7 Å². The quantitative estimate of drug-likeness (QED) is 0.464. The molecule has 0 aliphatic heterocycles. The maximum absolute atomic E-state index is 12.1. The van der Waals surface area contributed by atoms with Gasteiger partial charge in [-0.05, 0) is 27.2 Å². The molecule has 3 atom stereocenters. The summed E-state index contributed by atoms with van der Waals surface area (Å²) in [4.78, 5) is 35.4. The van der Waals surface area contributed by atoms with E-state index >= 15 is 0 Å². The highest BCUT2D eigenvalue weighted by Crippen LogP contribution is 2.09. The van der Waals surface area contributed by atoms with Crippen molar-refractivity contribution in [1.82, 2.24) is 5.32 Å². The van der Waals surface area contributed by atoms with Gasteiger partial charge in [0, 0.05) is 13.5 Å². The van der Waals surface area contributed by atoms with Crippen LogP contribution in [0.4, 0.5) is 0 Å². The second-order valence-corrected chi connectivity index (χ2v) is 5.43. The minimum absolute atomic E-state index is 0.00411. The molecule has 2 N–H and O–H groups in total. The van der Waals surface area contributed by atoms with Crippen LogP contribution >= 0.6 is 0 Å². The third-order valence-electron chi connectivity index (χ3n) is 3.28. The Bertz CT molecular complexity index is 409. The molecule has 0 radical (unpaired) electrons. The van der Waals surface area contributed by atoms with Crippen molar-refractivity contribution in [1.29, 1.82) is 5.41 Å². The molecule has 7 heteroatoms. The zero-order chi connectivity index (χ0) is 17.3. The molecule has 0 spiro atoms. The van der Waals surface area contributed by atoms with Gasteiger partial charge in [-0.2, -0.15) is 0 Å². The standard InChI is InChI=1S/C15H26N2O5/c1-9(2)22-15(20)13(7-6-12(18)8-16)17-14(19)10(3)11(4)21-5/h8-11,13,16H,6-7H2,1-5H3,(H,17,19)/t10-,11+,13-/m0/s1. The van der Waals surface area contributed by atoms with Crippen LogP contribution in [0.5, 0.6) is 0 Å². The first-order chi connectivity index (χ1) is 10.2. The highest BCUT2D eigenvalue weighted by atomic mass is 16.5. The molecular weight excluding hydrogens is 288 g/mol. The van der Waals surface area contributed by atoms with Crippen molar-refractivity contribution in [2.75, 3.05) is 7.11 Å². The van der Waals surface area contributed by atoms with Crippen LogP contribution in [0.15, 0.2) is 0 Å². The topological polar surface area (TPSA) is 106 Å². The molecule has 7 nitrogen and oxygen atoms in total. The van der Waals surface area contributed by atoms with Crippen molar-refractivity contribution in [3.05, 3.63) is 0 Å². The molecule has 0 aromatic rings. The summed E-state index contributed by atoms with van der Waals surface area (Å²) in [5.74, 6) is -1.78. The van der Waals surface area contributed by atoms with Gasteiger partial charge in [0.25, 0.3) is 0 Å². The van der Waals surface area contributed by atoms with Crippen molar-refractivity contribution in [3.8, 4) is 0 Å². The Kier molecular flexibility index (Phi) is 9.24. The Morgan fingerprint density at radius 1 is 1.18 bits per heavy atom. The number of carbonyl (C=O) groups is 3. The van der Waals surface area contributed by atoms with Crippen LogP contribution in [0.2, 0.25) is 0 Å². The second kappa shape index (κ2) is 10.0. The number of hydrogen-bond acceptors (Lipinski definition) is 6. The maximum Gasteiger partial charge on any atom is 0.328 e. The first-order valence-corrected chi connectivity index (χ1v) is 7.29. The molecule has 0 aromatic heterocycles. The zero-order valence-corrected chi connectivity index (χ0v) is 13.8. The summed E-state index contributed by atoms with van der Waals surface area (Å²) in [7, 11) is 1.50. The average molecular weight is 314 g/mol. The van der Waals surface area contributed by atoms with E-state index < -0.39 is 23.7 Å². The summed E-state index contributed by atoms with van der Waals surface area (Å²) in [6.45, 7) is 6.85. The highest BCUT2D eigenvalue weighted by molar-refractivity contribution is 6.26. The lowest BCUT2D eigenvalue weighted by Gasteiger charge is -2.23. The molecule has 0 saturated heterocycles. The number of hydrogen-bond donors (Lipinski definition) is 2.